The van der Waals surface area contributed by atoms with E-state index in [-0.39, 0.29) is 49.1 Å². The van der Waals surface area contributed by atoms with Crippen LogP contribution in [0.5, 0.6) is 0 Å². The van der Waals surface area contributed by atoms with Crippen LogP contribution in [0.15, 0.2) is 54.6 Å². The quantitative estimate of drug-likeness (QED) is 0.322. The molecule has 2 heterocycles. The van der Waals surface area contributed by atoms with Gasteiger partial charge < -0.3 is 23.6 Å². The third-order valence-corrected chi connectivity index (χ3v) is 10.2. The van der Waals surface area contributed by atoms with Crippen LogP contribution in [0.3, 0.4) is 0 Å². The first kappa shape index (κ1) is 28.3. The summed E-state index contributed by atoms with van der Waals surface area (Å²) in [5.41, 5.74) is 2.63. The molecule has 0 unspecified atom stereocenters. The molecular formula is C29H39FN2O5Si. The molecule has 9 heteroatoms. The highest BCUT2D eigenvalue weighted by molar-refractivity contribution is 6.72. The van der Waals surface area contributed by atoms with Crippen LogP contribution >= 0.6 is 0 Å². The number of ether oxygens (including phenoxy) is 2. The number of rotatable bonds is 11. The molecule has 0 aliphatic carbocycles. The fourth-order valence-corrected chi connectivity index (χ4v) is 8.42. The second kappa shape index (κ2) is 12.4. The molecule has 0 bridgehead atoms. The van der Waals surface area contributed by atoms with Gasteiger partial charge in [-0.3, -0.25) is 9.69 Å². The van der Waals surface area contributed by atoms with Crippen molar-refractivity contribution in [2.45, 2.75) is 63.6 Å². The van der Waals surface area contributed by atoms with Gasteiger partial charge in [-0.1, -0.05) is 49.4 Å². The summed E-state index contributed by atoms with van der Waals surface area (Å²) in [6.07, 6.45) is 0.647. The second-order valence-electron chi connectivity index (χ2n) is 10.9. The van der Waals surface area contributed by atoms with Gasteiger partial charge in [0.1, 0.15) is 6.61 Å². The SMILES string of the molecule is C[C@H]1[C@H]([Si](C)(C)F)[C@@H](CC(=O)N(CCO)Cc2ccccc2)O[C@H]1CCc1ccc(N2CCOC2=O)cc1. The summed E-state index contributed by atoms with van der Waals surface area (Å²) in [5.74, 6) is -0.126. The maximum absolute atomic E-state index is 15.6. The van der Waals surface area contributed by atoms with E-state index in [2.05, 4.69) is 0 Å². The Balaban J connectivity index is 1.39. The molecular weight excluding hydrogens is 503 g/mol. The topological polar surface area (TPSA) is 79.3 Å². The number of hydrogen-bond donors (Lipinski definition) is 1. The van der Waals surface area contributed by atoms with Crippen LogP contribution in [0.4, 0.5) is 14.6 Å². The van der Waals surface area contributed by atoms with Gasteiger partial charge in [-0.05, 0) is 55.1 Å². The van der Waals surface area contributed by atoms with Gasteiger partial charge in [0.15, 0.2) is 0 Å². The highest BCUT2D eigenvalue weighted by Gasteiger charge is 2.51. The zero-order valence-electron chi connectivity index (χ0n) is 22.5. The Hall–Kier alpha value is -2.75. The molecule has 2 aromatic rings. The first-order chi connectivity index (χ1) is 18.2. The molecule has 7 nitrogen and oxygen atoms in total. The van der Waals surface area contributed by atoms with E-state index in [1.165, 1.54) is 0 Å². The standard InChI is InChI=1S/C29H39FN2O5Si/c1-21-25(14-11-22-9-12-24(13-10-22)32-16-18-36-29(32)35)37-26(28(21)38(2,3)30)19-27(34)31(15-17-33)20-23-7-5-4-6-8-23/h4-10,12-13,21,25-26,28,33H,11,14-20H2,1-3H3/t21-,25+,26-,28+/m1/s1. The third kappa shape index (κ3) is 6.81. The molecule has 0 radical (unpaired) electrons. The summed E-state index contributed by atoms with van der Waals surface area (Å²) in [6.45, 7) is 6.91. The predicted molar refractivity (Wildman–Crippen MR) is 147 cm³/mol. The van der Waals surface area contributed by atoms with Gasteiger partial charge in [0.25, 0.3) is 0 Å². The first-order valence-corrected chi connectivity index (χ1v) is 16.4. The summed E-state index contributed by atoms with van der Waals surface area (Å²) < 4.78 is 27.0. The van der Waals surface area contributed by atoms with Crippen molar-refractivity contribution in [3.63, 3.8) is 0 Å². The molecule has 206 valence electrons. The number of amides is 2. The van der Waals surface area contributed by atoms with Crippen molar-refractivity contribution in [3.8, 4) is 0 Å². The number of aryl methyl sites for hydroxylation is 1. The molecule has 2 aliphatic heterocycles. The summed E-state index contributed by atoms with van der Waals surface area (Å²) in [4.78, 5) is 28.4. The Morgan fingerprint density at radius 3 is 2.42 bits per heavy atom. The minimum absolute atomic E-state index is 0.00137. The average Bonchev–Trinajstić information content (AvgIpc) is 3.45. The fourth-order valence-electron chi connectivity index (χ4n) is 5.87. The Kier molecular flexibility index (Phi) is 9.22. The van der Waals surface area contributed by atoms with E-state index in [0.29, 0.717) is 19.7 Å². The second-order valence-corrected chi connectivity index (χ2v) is 14.7. The van der Waals surface area contributed by atoms with Crippen molar-refractivity contribution in [1.82, 2.24) is 4.90 Å². The van der Waals surface area contributed by atoms with Crippen LogP contribution < -0.4 is 4.90 Å². The van der Waals surface area contributed by atoms with Crippen LogP contribution in [-0.2, 0) is 27.2 Å². The van der Waals surface area contributed by atoms with Gasteiger partial charge in [-0.2, -0.15) is 0 Å². The molecule has 2 amide bonds. The third-order valence-electron chi connectivity index (χ3n) is 7.74. The van der Waals surface area contributed by atoms with Gasteiger partial charge in [0.2, 0.25) is 14.3 Å². The van der Waals surface area contributed by atoms with E-state index in [0.717, 1.165) is 29.7 Å². The fraction of sp³-hybridized carbons (Fsp3) is 0.517. The lowest BCUT2D eigenvalue weighted by atomic mass is 9.95. The van der Waals surface area contributed by atoms with Crippen molar-refractivity contribution in [3.05, 3.63) is 65.7 Å². The lowest BCUT2D eigenvalue weighted by Crippen LogP contribution is -2.40. The number of hydrogen-bond acceptors (Lipinski definition) is 5. The van der Waals surface area contributed by atoms with Crippen LogP contribution in [-0.4, -0.2) is 68.9 Å². The van der Waals surface area contributed by atoms with Gasteiger partial charge in [0, 0.05) is 24.3 Å². The van der Waals surface area contributed by atoms with Crippen LogP contribution in [0.2, 0.25) is 18.6 Å². The molecule has 0 spiro atoms. The summed E-state index contributed by atoms with van der Waals surface area (Å²) >= 11 is 0. The maximum Gasteiger partial charge on any atom is 0.414 e. The summed E-state index contributed by atoms with van der Waals surface area (Å²) in [7, 11) is -3.12. The smallest absolute Gasteiger partial charge is 0.414 e. The number of carbonyl (C=O) groups is 2. The number of aliphatic hydroxyl groups is 1. The zero-order valence-corrected chi connectivity index (χ0v) is 23.5. The number of aliphatic hydroxyl groups excluding tert-OH is 1. The Labute approximate surface area is 225 Å². The summed E-state index contributed by atoms with van der Waals surface area (Å²) in [5, 5.41) is 9.56. The normalized spacial score (nSPS) is 23.5. The van der Waals surface area contributed by atoms with Crippen molar-refractivity contribution in [2.75, 3.05) is 31.2 Å². The molecule has 1 N–H and O–H groups in total. The zero-order chi connectivity index (χ0) is 27.3. The molecule has 2 saturated heterocycles. The Morgan fingerprint density at radius 2 is 1.82 bits per heavy atom. The Morgan fingerprint density at radius 1 is 1.11 bits per heavy atom. The largest absolute Gasteiger partial charge is 0.447 e. The molecule has 0 saturated carbocycles. The monoisotopic (exact) mass is 542 g/mol. The highest BCUT2D eigenvalue weighted by Crippen LogP contribution is 2.47. The molecule has 0 aromatic heterocycles. The number of carbonyl (C=O) groups excluding carboxylic acids is 2. The van der Waals surface area contributed by atoms with Gasteiger partial charge in [-0.25, -0.2) is 4.79 Å². The molecule has 2 aliphatic rings. The van der Waals surface area contributed by atoms with Crippen LogP contribution in [0, 0.1) is 5.92 Å². The average molecular weight is 543 g/mol. The number of benzene rings is 2. The molecule has 4 atom stereocenters. The number of nitrogens with zero attached hydrogens (tertiary/aromatic N) is 2. The van der Waals surface area contributed by atoms with E-state index >= 15 is 4.11 Å². The van der Waals surface area contributed by atoms with Crippen molar-refractivity contribution in [2.24, 2.45) is 5.92 Å². The Bertz CT molecular complexity index is 1080. The molecule has 4 rings (SSSR count). The van der Waals surface area contributed by atoms with Gasteiger partial charge >= 0.3 is 6.09 Å². The van der Waals surface area contributed by atoms with Crippen molar-refractivity contribution in [1.29, 1.82) is 0 Å². The number of halogens is 1. The minimum Gasteiger partial charge on any atom is -0.447 e. The van der Waals surface area contributed by atoms with Crippen LogP contribution in [0.1, 0.15) is 30.9 Å². The lowest BCUT2D eigenvalue weighted by molar-refractivity contribution is -0.135. The molecule has 2 aromatic carbocycles. The van der Waals surface area contributed by atoms with E-state index < -0.39 is 14.5 Å². The number of anilines is 1. The van der Waals surface area contributed by atoms with Crippen molar-refractivity contribution >= 4 is 26.1 Å². The summed E-state index contributed by atoms with van der Waals surface area (Å²) in [6, 6.07) is 17.5. The van der Waals surface area contributed by atoms with E-state index in [9.17, 15) is 14.7 Å². The van der Waals surface area contributed by atoms with E-state index in [4.69, 9.17) is 9.47 Å². The van der Waals surface area contributed by atoms with E-state index in [1.54, 1.807) is 22.9 Å². The van der Waals surface area contributed by atoms with Gasteiger partial charge in [0.05, 0.1) is 31.8 Å². The highest BCUT2D eigenvalue weighted by atomic mass is 28.4. The minimum atomic E-state index is -3.12. The first-order valence-electron chi connectivity index (χ1n) is 13.5. The predicted octanol–water partition coefficient (Wildman–Crippen LogP) is 4.94. The molecule has 38 heavy (non-hydrogen) atoms. The maximum atomic E-state index is 15.6. The van der Waals surface area contributed by atoms with Gasteiger partial charge in [-0.15, -0.1) is 0 Å². The number of cyclic esters (lactones) is 1. The van der Waals surface area contributed by atoms with Crippen molar-refractivity contribution < 1.29 is 28.3 Å². The molecule has 2 fully saturated rings. The van der Waals surface area contributed by atoms with Crippen LogP contribution in [0.25, 0.3) is 0 Å². The van der Waals surface area contributed by atoms with E-state index in [1.807, 2.05) is 61.5 Å². The lowest BCUT2D eigenvalue weighted by Gasteiger charge is -2.30.